The summed E-state index contributed by atoms with van der Waals surface area (Å²) in [5.41, 5.74) is 0. The number of hydrogen-bond donors (Lipinski definition) is 1. The van der Waals surface area contributed by atoms with E-state index >= 15 is 0 Å². The van der Waals surface area contributed by atoms with Crippen LogP contribution >= 0.6 is 0 Å². The van der Waals surface area contributed by atoms with E-state index in [4.69, 9.17) is 43.0 Å². The summed E-state index contributed by atoms with van der Waals surface area (Å²) in [6, 6.07) is 0. The molecule has 0 heterocycles. The van der Waals surface area contributed by atoms with Crippen LogP contribution in [0.1, 0.15) is 53.4 Å². The molecule has 1 unspecified atom stereocenters. The van der Waals surface area contributed by atoms with Gasteiger partial charge < -0.3 is 47.7 Å². The predicted octanol–water partition coefficient (Wildman–Crippen LogP) is 5.28. The summed E-state index contributed by atoms with van der Waals surface area (Å²) in [5.74, 6) is 0. The van der Waals surface area contributed by atoms with Gasteiger partial charge in [-0.2, -0.15) is 0 Å². The third kappa shape index (κ3) is 69.2. The van der Waals surface area contributed by atoms with Gasteiger partial charge in [-0.05, 0) is 32.6 Å². The van der Waals surface area contributed by atoms with Gasteiger partial charge >= 0.3 is 0 Å². The van der Waals surface area contributed by atoms with Crippen LogP contribution in [0.4, 0.5) is 0 Å². The van der Waals surface area contributed by atoms with Gasteiger partial charge in [-0.25, -0.2) is 0 Å². The number of aliphatic hydroxyl groups excluding tert-OH is 1. The summed E-state index contributed by atoms with van der Waals surface area (Å²) < 4.78 is 46.2. The molecule has 10 heteroatoms. The minimum atomic E-state index is -0.262. The van der Waals surface area contributed by atoms with E-state index in [-0.39, 0.29) is 6.10 Å². The van der Waals surface area contributed by atoms with Crippen LogP contribution in [0.15, 0.2) is 38.0 Å². The summed E-state index contributed by atoms with van der Waals surface area (Å²) in [7, 11) is 1.64. The average Bonchev–Trinajstić information content (AvgIpc) is 3.00. The normalized spacial score (nSPS) is 10.7. The number of ether oxygens (including phenoxy) is 9. The first kappa shape index (κ1) is 48.7. The zero-order chi connectivity index (χ0) is 32.9. The van der Waals surface area contributed by atoms with Crippen molar-refractivity contribution < 1.29 is 47.7 Å². The van der Waals surface area contributed by atoms with Crippen LogP contribution < -0.4 is 0 Å². The van der Waals surface area contributed by atoms with Gasteiger partial charge in [0.2, 0.25) is 0 Å². The highest BCUT2D eigenvalue weighted by Crippen LogP contribution is 1.90. The second-order valence-corrected chi connectivity index (χ2v) is 8.78. The first-order chi connectivity index (χ1) is 21.0. The van der Waals surface area contributed by atoms with Crippen LogP contribution in [-0.4, -0.2) is 131 Å². The monoisotopic (exact) mass is 624 g/mol. The highest BCUT2D eigenvalue weighted by Gasteiger charge is 1.95. The van der Waals surface area contributed by atoms with Crippen molar-refractivity contribution in [2.45, 2.75) is 59.5 Å². The van der Waals surface area contributed by atoms with E-state index in [1.54, 1.807) is 32.3 Å². The summed E-state index contributed by atoms with van der Waals surface area (Å²) in [6.07, 6.45) is 8.77. The molecule has 0 rings (SSSR count). The minimum Gasteiger partial charge on any atom is -0.393 e. The third-order valence-electron chi connectivity index (χ3n) is 4.34. The lowest BCUT2D eigenvalue weighted by Crippen LogP contribution is -2.09. The quantitative estimate of drug-likeness (QED) is 0.0838. The van der Waals surface area contributed by atoms with Gasteiger partial charge in [0.05, 0.1) is 92.0 Å². The van der Waals surface area contributed by atoms with Crippen molar-refractivity contribution >= 4 is 0 Å². The van der Waals surface area contributed by atoms with Crippen LogP contribution in [0.5, 0.6) is 0 Å². The van der Waals surface area contributed by atoms with Crippen molar-refractivity contribution in [1.82, 2.24) is 0 Å². The second kappa shape index (κ2) is 53.4. The molecule has 0 radical (unpaired) electrons. The fourth-order valence-electron chi connectivity index (χ4n) is 2.34. The molecule has 10 nitrogen and oxygen atoms in total. The van der Waals surface area contributed by atoms with E-state index in [0.717, 1.165) is 39.1 Å². The zero-order valence-electron chi connectivity index (χ0n) is 28.4. The third-order valence-corrected chi connectivity index (χ3v) is 4.34. The molecule has 0 spiro atoms. The van der Waals surface area contributed by atoms with Gasteiger partial charge in [0, 0.05) is 33.5 Å². The van der Waals surface area contributed by atoms with E-state index < -0.39 is 0 Å². The molecule has 0 aliphatic carbocycles. The van der Waals surface area contributed by atoms with Crippen molar-refractivity contribution in [2.24, 2.45) is 0 Å². The van der Waals surface area contributed by atoms with Crippen molar-refractivity contribution in [3.8, 4) is 0 Å². The molecule has 0 aromatic heterocycles. The standard InChI is InChI=1S/2C10H20O3.C9H20O3.C4H8O/c2*1-3-5-11-7-9-13-10-8-12-6-4-2;1-3-5-11-7-8-12-6-4-9(2)10;1-3-4-5-2/h2*3H,1,4-10H2,2H3;9-10H,3-8H2,1-2H3;3H,1,4H2,2H3. The highest BCUT2D eigenvalue weighted by atomic mass is 16.5. The topological polar surface area (TPSA) is 103 Å². The Morgan fingerprint density at radius 1 is 0.465 bits per heavy atom. The summed E-state index contributed by atoms with van der Waals surface area (Å²) in [5, 5.41) is 8.88. The van der Waals surface area contributed by atoms with Gasteiger partial charge in [-0.3, -0.25) is 0 Å². The highest BCUT2D eigenvalue weighted by molar-refractivity contribution is 4.64. The molecule has 43 heavy (non-hydrogen) atoms. The van der Waals surface area contributed by atoms with Crippen molar-refractivity contribution in [3.05, 3.63) is 38.0 Å². The molecular weight excluding hydrogens is 556 g/mol. The van der Waals surface area contributed by atoms with Gasteiger partial charge in [0.15, 0.2) is 0 Å². The Balaban J connectivity index is -0.000000246. The van der Waals surface area contributed by atoms with E-state index in [1.807, 2.05) is 0 Å². The number of methoxy groups -OCH3 is 1. The maximum absolute atomic E-state index is 8.88. The fourth-order valence-corrected chi connectivity index (χ4v) is 2.34. The second-order valence-electron chi connectivity index (χ2n) is 8.78. The van der Waals surface area contributed by atoms with Crippen LogP contribution in [-0.2, 0) is 42.6 Å². The van der Waals surface area contributed by atoms with Crippen molar-refractivity contribution in [2.75, 3.05) is 119 Å². The average molecular weight is 625 g/mol. The van der Waals surface area contributed by atoms with Crippen LogP contribution in [0, 0.1) is 0 Å². The maximum Gasteiger partial charge on any atom is 0.0704 e. The van der Waals surface area contributed by atoms with Crippen LogP contribution in [0.3, 0.4) is 0 Å². The molecule has 0 aliphatic rings. The Morgan fingerprint density at radius 3 is 0.977 bits per heavy atom. The maximum atomic E-state index is 8.88. The van der Waals surface area contributed by atoms with Crippen molar-refractivity contribution in [3.63, 3.8) is 0 Å². The number of aliphatic hydroxyl groups is 1. The largest absolute Gasteiger partial charge is 0.393 e. The summed E-state index contributed by atoms with van der Waals surface area (Å²) in [4.78, 5) is 0. The Kier molecular flexibility index (Phi) is 60.5. The molecule has 0 bridgehead atoms. The first-order valence-corrected chi connectivity index (χ1v) is 15.6. The van der Waals surface area contributed by atoms with E-state index in [1.165, 1.54) is 0 Å². The molecule has 260 valence electrons. The van der Waals surface area contributed by atoms with Crippen LogP contribution in [0.2, 0.25) is 0 Å². The molecular formula is C33H68O10. The number of rotatable bonds is 30. The van der Waals surface area contributed by atoms with Gasteiger partial charge in [0.25, 0.3) is 0 Å². The fraction of sp³-hybridized carbons (Fsp3) is 0.818. The van der Waals surface area contributed by atoms with Crippen LogP contribution in [0.25, 0.3) is 0 Å². The predicted molar refractivity (Wildman–Crippen MR) is 176 cm³/mol. The van der Waals surface area contributed by atoms with Crippen molar-refractivity contribution in [1.29, 1.82) is 0 Å². The molecule has 0 aliphatic heterocycles. The number of hydrogen-bond acceptors (Lipinski definition) is 10. The molecule has 0 fully saturated rings. The Labute approximate surface area is 264 Å². The molecule has 1 N–H and O–H groups in total. The van der Waals surface area contributed by atoms with E-state index in [0.29, 0.717) is 98.9 Å². The van der Waals surface area contributed by atoms with Gasteiger partial charge in [-0.15, -0.1) is 19.7 Å². The smallest absolute Gasteiger partial charge is 0.0704 e. The molecule has 0 amide bonds. The van der Waals surface area contributed by atoms with E-state index in [2.05, 4.69) is 45.2 Å². The summed E-state index contributed by atoms with van der Waals surface area (Å²) >= 11 is 0. The molecule has 0 saturated carbocycles. The van der Waals surface area contributed by atoms with Gasteiger partial charge in [-0.1, -0.05) is 39.0 Å². The molecule has 0 saturated heterocycles. The zero-order valence-corrected chi connectivity index (χ0v) is 28.4. The minimum absolute atomic E-state index is 0.262. The lowest BCUT2D eigenvalue weighted by molar-refractivity contribution is 0.0197. The Morgan fingerprint density at radius 2 is 0.744 bits per heavy atom. The van der Waals surface area contributed by atoms with Gasteiger partial charge in [0.1, 0.15) is 0 Å². The molecule has 0 aromatic carbocycles. The molecule has 1 atom stereocenters. The lowest BCUT2D eigenvalue weighted by atomic mass is 10.3. The summed E-state index contributed by atoms with van der Waals surface area (Å²) in [6.45, 7) is 29.9. The SMILES string of the molecule is C=CCOC.C=CCOCCOCCOCCC.C=CCOCCOCCOCCC.CCCOCCOCCC(C)O. The lowest BCUT2D eigenvalue weighted by Gasteiger charge is -2.05. The Hall–Kier alpha value is -1.18. The Bertz CT molecular complexity index is 453. The molecule has 0 aromatic rings. The van der Waals surface area contributed by atoms with E-state index in [9.17, 15) is 0 Å². The first-order valence-electron chi connectivity index (χ1n) is 15.6.